The van der Waals surface area contributed by atoms with Gasteiger partial charge < -0.3 is 0 Å². The van der Waals surface area contributed by atoms with Crippen LogP contribution in [0.3, 0.4) is 0 Å². The lowest BCUT2D eigenvalue weighted by Gasteiger charge is -2.12. The molecule has 1 rings (SSSR count). The van der Waals surface area contributed by atoms with E-state index >= 15 is 0 Å². The van der Waals surface area contributed by atoms with Crippen LogP contribution in [0.5, 0.6) is 0 Å². The summed E-state index contributed by atoms with van der Waals surface area (Å²) >= 11 is 6.04. The third kappa shape index (κ3) is 2.47. The highest BCUT2D eigenvalue weighted by atomic mass is 35.5. The first-order valence-corrected chi connectivity index (χ1v) is 5.11. The predicted molar refractivity (Wildman–Crippen MR) is 56.2 cm³/mol. The molecular formula is C10H17ClN2. The van der Waals surface area contributed by atoms with Crippen LogP contribution in [0.25, 0.3) is 0 Å². The highest BCUT2D eigenvalue weighted by Gasteiger charge is 2.12. The fraction of sp³-hybridized carbons (Fsp3) is 0.700. The summed E-state index contributed by atoms with van der Waals surface area (Å²) < 4.78 is 2.01. The van der Waals surface area contributed by atoms with Gasteiger partial charge in [-0.05, 0) is 11.8 Å². The first kappa shape index (κ1) is 10.6. The topological polar surface area (TPSA) is 17.8 Å². The van der Waals surface area contributed by atoms with E-state index in [1.165, 1.54) is 0 Å². The van der Waals surface area contributed by atoms with Gasteiger partial charge in [-0.3, -0.25) is 4.68 Å². The molecule has 0 saturated heterocycles. The van der Waals surface area contributed by atoms with Crippen molar-refractivity contribution in [3.8, 4) is 0 Å². The standard InChI is InChI=1S/C10H17ClN2/c1-7(2)6-13-10(8(3)4)9(11)5-12-13/h5,7-8H,6H2,1-4H3. The Labute approximate surface area is 84.9 Å². The summed E-state index contributed by atoms with van der Waals surface area (Å²) in [4.78, 5) is 0. The fourth-order valence-corrected chi connectivity index (χ4v) is 1.80. The molecule has 0 aromatic carbocycles. The molecule has 0 fully saturated rings. The van der Waals surface area contributed by atoms with E-state index in [9.17, 15) is 0 Å². The molecule has 3 heteroatoms. The second kappa shape index (κ2) is 4.14. The molecule has 0 radical (unpaired) electrons. The van der Waals surface area contributed by atoms with Gasteiger partial charge in [-0.1, -0.05) is 39.3 Å². The summed E-state index contributed by atoms with van der Waals surface area (Å²) in [5.74, 6) is 1.04. The number of rotatable bonds is 3. The van der Waals surface area contributed by atoms with Gasteiger partial charge in [-0.25, -0.2) is 0 Å². The summed E-state index contributed by atoms with van der Waals surface area (Å²) in [6, 6.07) is 0. The summed E-state index contributed by atoms with van der Waals surface area (Å²) in [5, 5.41) is 5.05. The second-order valence-corrected chi connectivity index (χ2v) is 4.52. The molecule has 0 spiro atoms. The molecule has 0 aliphatic heterocycles. The van der Waals surface area contributed by atoms with Crippen molar-refractivity contribution in [1.29, 1.82) is 0 Å². The van der Waals surface area contributed by atoms with Crippen LogP contribution in [0, 0.1) is 5.92 Å². The predicted octanol–water partition coefficient (Wildman–Crippen LogP) is 3.32. The Bertz CT molecular complexity index is 276. The van der Waals surface area contributed by atoms with Crippen LogP contribution in [0.2, 0.25) is 5.02 Å². The van der Waals surface area contributed by atoms with Crippen LogP contribution in [-0.2, 0) is 6.54 Å². The minimum atomic E-state index is 0.439. The molecule has 1 heterocycles. The van der Waals surface area contributed by atoms with Crippen molar-refractivity contribution >= 4 is 11.6 Å². The van der Waals surface area contributed by atoms with Crippen molar-refractivity contribution in [1.82, 2.24) is 9.78 Å². The van der Waals surface area contributed by atoms with Crippen molar-refractivity contribution in [2.75, 3.05) is 0 Å². The second-order valence-electron chi connectivity index (χ2n) is 4.11. The first-order chi connectivity index (χ1) is 6.02. The number of hydrogen-bond donors (Lipinski definition) is 0. The zero-order valence-electron chi connectivity index (χ0n) is 8.71. The smallest absolute Gasteiger partial charge is 0.0820 e. The third-order valence-corrected chi connectivity index (χ3v) is 2.21. The van der Waals surface area contributed by atoms with Crippen LogP contribution in [0.4, 0.5) is 0 Å². The van der Waals surface area contributed by atoms with Gasteiger partial charge in [-0.15, -0.1) is 0 Å². The normalized spacial score (nSPS) is 11.6. The average Bonchev–Trinajstić information content (AvgIpc) is 2.30. The average molecular weight is 201 g/mol. The summed E-state index contributed by atoms with van der Waals surface area (Å²) in [5.41, 5.74) is 1.15. The quantitative estimate of drug-likeness (QED) is 0.732. The van der Waals surface area contributed by atoms with Gasteiger partial charge in [0.25, 0.3) is 0 Å². The van der Waals surface area contributed by atoms with Gasteiger partial charge >= 0.3 is 0 Å². The Morgan fingerprint density at radius 3 is 2.46 bits per heavy atom. The molecule has 13 heavy (non-hydrogen) atoms. The Kier molecular flexibility index (Phi) is 3.37. The van der Waals surface area contributed by atoms with Crippen molar-refractivity contribution < 1.29 is 0 Å². The molecule has 0 aliphatic rings. The maximum atomic E-state index is 6.04. The van der Waals surface area contributed by atoms with E-state index < -0.39 is 0 Å². The van der Waals surface area contributed by atoms with E-state index in [1.54, 1.807) is 6.20 Å². The van der Waals surface area contributed by atoms with Crippen LogP contribution in [0.1, 0.15) is 39.3 Å². The molecule has 1 aromatic heterocycles. The van der Waals surface area contributed by atoms with E-state index in [-0.39, 0.29) is 0 Å². The Morgan fingerprint density at radius 2 is 2.00 bits per heavy atom. The first-order valence-electron chi connectivity index (χ1n) is 4.73. The van der Waals surface area contributed by atoms with Crippen molar-refractivity contribution in [3.05, 3.63) is 16.9 Å². The maximum absolute atomic E-state index is 6.04. The SMILES string of the molecule is CC(C)Cn1ncc(Cl)c1C(C)C. The highest BCUT2D eigenvalue weighted by molar-refractivity contribution is 6.31. The molecule has 0 amide bonds. The number of hydrogen-bond acceptors (Lipinski definition) is 1. The van der Waals surface area contributed by atoms with Gasteiger partial charge in [-0.2, -0.15) is 5.10 Å². The summed E-state index contributed by atoms with van der Waals surface area (Å²) in [7, 11) is 0. The number of nitrogens with zero attached hydrogens (tertiary/aromatic N) is 2. The third-order valence-electron chi connectivity index (χ3n) is 1.92. The largest absolute Gasteiger partial charge is 0.268 e. The lowest BCUT2D eigenvalue weighted by atomic mass is 10.1. The van der Waals surface area contributed by atoms with Crippen molar-refractivity contribution in [2.45, 2.75) is 40.2 Å². The van der Waals surface area contributed by atoms with Crippen molar-refractivity contribution in [3.63, 3.8) is 0 Å². The van der Waals surface area contributed by atoms with E-state index in [4.69, 9.17) is 11.6 Å². The summed E-state index contributed by atoms with van der Waals surface area (Å²) in [6.07, 6.45) is 1.74. The van der Waals surface area contributed by atoms with Crippen LogP contribution >= 0.6 is 11.6 Å². The maximum Gasteiger partial charge on any atom is 0.0820 e. The van der Waals surface area contributed by atoms with Gasteiger partial charge in [0.2, 0.25) is 0 Å². The molecule has 0 bridgehead atoms. The monoisotopic (exact) mass is 200 g/mol. The zero-order valence-corrected chi connectivity index (χ0v) is 9.47. The lowest BCUT2D eigenvalue weighted by Crippen LogP contribution is -2.10. The van der Waals surface area contributed by atoms with Crippen LogP contribution in [0.15, 0.2) is 6.20 Å². The number of halogens is 1. The van der Waals surface area contributed by atoms with E-state index in [1.807, 2.05) is 4.68 Å². The minimum absolute atomic E-state index is 0.439. The summed E-state index contributed by atoms with van der Waals surface area (Å²) in [6.45, 7) is 9.58. The molecule has 74 valence electrons. The van der Waals surface area contributed by atoms with Gasteiger partial charge in [0.15, 0.2) is 0 Å². The van der Waals surface area contributed by atoms with Gasteiger partial charge in [0.05, 0.1) is 16.9 Å². The molecular weight excluding hydrogens is 184 g/mol. The molecule has 1 aromatic rings. The Hall–Kier alpha value is -0.500. The number of aromatic nitrogens is 2. The lowest BCUT2D eigenvalue weighted by molar-refractivity contribution is 0.462. The molecule has 0 aliphatic carbocycles. The fourth-order valence-electron chi connectivity index (χ4n) is 1.44. The molecule has 0 atom stereocenters. The van der Waals surface area contributed by atoms with Gasteiger partial charge in [0, 0.05) is 6.54 Å². The highest BCUT2D eigenvalue weighted by Crippen LogP contribution is 2.24. The zero-order chi connectivity index (χ0) is 10.0. The van der Waals surface area contributed by atoms with E-state index in [0.29, 0.717) is 11.8 Å². The Morgan fingerprint density at radius 1 is 1.38 bits per heavy atom. The molecule has 0 saturated carbocycles. The molecule has 0 unspecified atom stereocenters. The molecule has 0 N–H and O–H groups in total. The molecule has 2 nitrogen and oxygen atoms in total. The van der Waals surface area contributed by atoms with Crippen LogP contribution < -0.4 is 0 Å². The van der Waals surface area contributed by atoms with Crippen LogP contribution in [-0.4, -0.2) is 9.78 Å². The Balaban J connectivity index is 2.94. The van der Waals surface area contributed by atoms with E-state index in [0.717, 1.165) is 17.3 Å². The van der Waals surface area contributed by atoms with E-state index in [2.05, 4.69) is 32.8 Å². The van der Waals surface area contributed by atoms with Gasteiger partial charge in [0.1, 0.15) is 0 Å². The van der Waals surface area contributed by atoms with Crippen molar-refractivity contribution in [2.24, 2.45) is 5.92 Å². The minimum Gasteiger partial charge on any atom is -0.268 e.